The molecule has 0 radical (unpaired) electrons. The molecule has 192 valence electrons. The SMILES string of the molecule is CC(C)(CCn1cc(-n2c(C3CC3)c(Sc3cccc(C(=O)O)n3)c3ccc(Cl)c(F)c32)cn1)C(N)=O. The quantitative estimate of drug-likeness (QED) is 0.283. The van der Waals surface area contributed by atoms with Gasteiger partial charge in [-0.05, 0) is 43.5 Å². The Balaban J connectivity index is 1.63. The molecule has 1 fully saturated rings. The molecule has 11 heteroatoms. The maximum Gasteiger partial charge on any atom is 0.354 e. The van der Waals surface area contributed by atoms with Crippen LogP contribution < -0.4 is 5.73 Å². The van der Waals surface area contributed by atoms with E-state index in [4.69, 9.17) is 17.3 Å². The Bertz CT molecular complexity index is 1540. The highest BCUT2D eigenvalue weighted by atomic mass is 35.5. The number of aromatic nitrogens is 4. The highest BCUT2D eigenvalue weighted by Gasteiger charge is 2.34. The van der Waals surface area contributed by atoms with E-state index < -0.39 is 17.2 Å². The Morgan fingerprint density at radius 2 is 2.03 bits per heavy atom. The number of hydrogen-bond donors (Lipinski definition) is 2. The zero-order chi connectivity index (χ0) is 26.5. The molecule has 0 aliphatic heterocycles. The molecule has 5 rings (SSSR count). The second-order valence-electron chi connectivity index (χ2n) is 9.81. The lowest BCUT2D eigenvalue weighted by Gasteiger charge is -2.19. The van der Waals surface area contributed by atoms with Gasteiger partial charge in [-0.3, -0.25) is 9.48 Å². The van der Waals surface area contributed by atoms with Crippen molar-refractivity contribution < 1.29 is 19.1 Å². The monoisotopic (exact) mass is 541 g/mol. The number of hydrogen-bond acceptors (Lipinski definition) is 5. The molecule has 8 nitrogen and oxygen atoms in total. The summed E-state index contributed by atoms with van der Waals surface area (Å²) in [5, 5.41) is 15.0. The van der Waals surface area contributed by atoms with Gasteiger partial charge in [-0.1, -0.05) is 43.3 Å². The van der Waals surface area contributed by atoms with Gasteiger partial charge in [-0.25, -0.2) is 14.2 Å². The summed E-state index contributed by atoms with van der Waals surface area (Å²) in [6.07, 6.45) is 5.88. The van der Waals surface area contributed by atoms with E-state index in [1.807, 2.05) is 10.8 Å². The third-order valence-electron chi connectivity index (χ3n) is 6.63. The van der Waals surface area contributed by atoms with Crippen molar-refractivity contribution in [1.29, 1.82) is 0 Å². The molecule has 0 atom stereocenters. The number of halogens is 2. The number of benzene rings is 1. The van der Waals surface area contributed by atoms with Crippen LogP contribution in [0.1, 0.15) is 55.2 Å². The maximum absolute atomic E-state index is 15.6. The van der Waals surface area contributed by atoms with Gasteiger partial charge in [0.15, 0.2) is 5.82 Å². The molecule has 0 spiro atoms. The number of aromatic carboxylic acids is 1. The van der Waals surface area contributed by atoms with Gasteiger partial charge in [0, 0.05) is 40.1 Å². The van der Waals surface area contributed by atoms with Crippen molar-refractivity contribution in [1.82, 2.24) is 19.3 Å². The number of nitrogens with zero attached hydrogens (tertiary/aromatic N) is 4. The van der Waals surface area contributed by atoms with Crippen LogP contribution in [0.2, 0.25) is 5.02 Å². The van der Waals surface area contributed by atoms with Crippen molar-refractivity contribution in [2.45, 2.75) is 55.5 Å². The van der Waals surface area contributed by atoms with E-state index in [1.54, 1.807) is 42.9 Å². The summed E-state index contributed by atoms with van der Waals surface area (Å²) in [6.45, 7) is 4.04. The molecular weight excluding hydrogens is 517 g/mol. The van der Waals surface area contributed by atoms with Gasteiger partial charge < -0.3 is 15.4 Å². The van der Waals surface area contributed by atoms with Crippen LogP contribution in [0.25, 0.3) is 16.6 Å². The van der Waals surface area contributed by atoms with Crippen LogP contribution in [-0.4, -0.2) is 36.3 Å². The first kappa shape index (κ1) is 25.3. The number of fused-ring (bicyclic) bond motifs is 1. The molecule has 1 amide bonds. The fraction of sp³-hybridized carbons (Fsp3) is 0.308. The van der Waals surface area contributed by atoms with Crippen molar-refractivity contribution in [3.63, 3.8) is 0 Å². The van der Waals surface area contributed by atoms with Gasteiger partial charge in [0.25, 0.3) is 0 Å². The first-order valence-electron chi connectivity index (χ1n) is 11.8. The third-order valence-corrected chi connectivity index (χ3v) is 8.00. The predicted molar refractivity (Wildman–Crippen MR) is 139 cm³/mol. The highest BCUT2D eigenvalue weighted by molar-refractivity contribution is 7.99. The van der Waals surface area contributed by atoms with Crippen molar-refractivity contribution >= 4 is 46.1 Å². The standard InChI is InChI=1S/C26H25ClFN5O3S/c1-26(2,25(29)36)10-11-32-13-15(12-30-32)33-21(14-6-7-14)23(16-8-9-17(27)20(28)22(16)33)37-19-5-3-4-18(31-19)24(34)35/h3-5,8-9,12-14H,6-7,10-11H2,1-2H3,(H2,29,36)(H,34,35). The number of carboxylic acid groups (broad SMARTS) is 1. The summed E-state index contributed by atoms with van der Waals surface area (Å²) < 4.78 is 19.2. The lowest BCUT2D eigenvalue weighted by molar-refractivity contribution is -0.126. The van der Waals surface area contributed by atoms with Crippen molar-refractivity contribution in [3.05, 3.63) is 65.0 Å². The molecule has 3 N–H and O–H groups in total. The minimum absolute atomic E-state index is 0.00625. The number of carbonyl (C=O) groups is 2. The van der Waals surface area contributed by atoms with Gasteiger partial charge in [0.1, 0.15) is 10.7 Å². The third kappa shape index (κ3) is 4.83. The summed E-state index contributed by atoms with van der Waals surface area (Å²) in [6, 6.07) is 8.13. The molecule has 1 aromatic carbocycles. The Kier molecular flexibility index (Phi) is 6.49. The van der Waals surface area contributed by atoms with Crippen LogP contribution in [0.4, 0.5) is 4.39 Å². The lowest BCUT2D eigenvalue weighted by atomic mass is 9.89. The Labute approximate surface area is 221 Å². The number of aryl methyl sites for hydroxylation is 1. The minimum atomic E-state index is -1.11. The van der Waals surface area contributed by atoms with Crippen LogP contribution in [0.15, 0.2) is 52.6 Å². The van der Waals surface area contributed by atoms with Crippen molar-refractivity contribution in [2.75, 3.05) is 0 Å². The zero-order valence-electron chi connectivity index (χ0n) is 20.2. The maximum atomic E-state index is 15.6. The Morgan fingerprint density at radius 1 is 1.27 bits per heavy atom. The number of carbonyl (C=O) groups excluding carboxylic acids is 1. The van der Waals surface area contributed by atoms with Crippen LogP contribution in [0.3, 0.4) is 0 Å². The summed E-state index contributed by atoms with van der Waals surface area (Å²) >= 11 is 7.53. The van der Waals surface area contributed by atoms with E-state index in [-0.39, 0.29) is 22.5 Å². The van der Waals surface area contributed by atoms with Crippen LogP contribution in [0.5, 0.6) is 0 Å². The molecule has 1 aliphatic carbocycles. The lowest BCUT2D eigenvalue weighted by Crippen LogP contribution is -2.32. The minimum Gasteiger partial charge on any atom is -0.477 e. The molecule has 3 heterocycles. The zero-order valence-corrected chi connectivity index (χ0v) is 21.8. The van der Waals surface area contributed by atoms with Gasteiger partial charge in [-0.2, -0.15) is 5.10 Å². The molecule has 0 bridgehead atoms. The van der Waals surface area contributed by atoms with E-state index in [9.17, 15) is 14.7 Å². The van der Waals surface area contributed by atoms with Crippen LogP contribution in [-0.2, 0) is 11.3 Å². The van der Waals surface area contributed by atoms with E-state index >= 15 is 4.39 Å². The fourth-order valence-electron chi connectivity index (χ4n) is 4.20. The first-order chi connectivity index (χ1) is 17.6. The topological polar surface area (TPSA) is 116 Å². The van der Waals surface area contributed by atoms with Crippen molar-refractivity contribution in [3.8, 4) is 5.69 Å². The number of rotatable bonds is 9. The number of pyridine rings is 1. The average Bonchev–Trinajstić information content (AvgIpc) is 3.49. The van der Waals surface area contributed by atoms with Gasteiger partial charge in [0.2, 0.25) is 5.91 Å². The fourth-order valence-corrected chi connectivity index (χ4v) is 5.49. The second-order valence-corrected chi connectivity index (χ2v) is 11.2. The molecule has 4 aromatic rings. The second kappa shape index (κ2) is 9.50. The number of primary amides is 1. The van der Waals surface area contributed by atoms with E-state index in [0.717, 1.165) is 23.4 Å². The molecule has 0 unspecified atom stereocenters. The van der Waals surface area contributed by atoms with Crippen molar-refractivity contribution in [2.24, 2.45) is 11.1 Å². The first-order valence-corrected chi connectivity index (χ1v) is 13.0. The molecule has 37 heavy (non-hydrogen) atoms. The van der Waals surface area contributed by atoms with Gasteiger partial charge >= 0.3 is 5.97 Å². The smallest absolute Gasteiger partial charge is 0.354 e. The molecule has 0 saturated heterocycles. The largest absolute Gasteiger partial charge is 0.477 e. The summed E-state index contributed by atoms with van der Waals surface area (Å²) in [7, 11) is 0. The molecular formula is C26H25ClFN5O3S. The van der Waals surface area contributed by atoms with Crippen LogP contribution >= 0.6 is 23.4 Å². The normalized spacial score (nSPS) is 13.8. The summed E-state index contributed by atoms with van der Waals surface area (Å²) in [5.74, 6) is -1.83. The van der Waals surface area contributed by atoms with E-state index in [0.29, 0.717) is 34.6 Å². The highest BCUT2D eigenvalue weighted by Crippen LogP contribution is 2.51. The van der Waals surface area contributed by atoms with E-state index in [2.05, 4.69) is 10.1 Å². The number of nitrogens with two attached hydrogens (primary N) is 1. The number of carboxylic acids is 1. The molecule has 1 saturated carbocycles. The predicted octanol–water partition coefficient (Wildman–Crippen LogP) is 5.64. The van der Waals surface area contributed by atoms with Crippen LogP contribution in [0, 0.1) is 11.2 Å². The Hall–Kier alpha value is -3.37. The Morgan fingerprint density at radius 3 is 2.70 bits per heavy atom. The molecule has 3 aromatic heterocycles. The average molecular weight is 542 g/mol. The van der Waals surface area contributed by atoms with Gasteiger partial charge in [-0.15, -0.1) is 0 Å². The summed E-state index contributed by atoms with van der Waals surface area (Å²) in [5.41, 5.74) is 6.69. The molecule has 1 aliphatic rings. The number of amides is 1. The van der Waals surface area contributed by atoms with E-state index in [1.165, 1.54) is 23.9 Å². The van der Waals surface area contributed by atoms with Gasteiger partial charge in [0.05, 0.1) is 22.4 Å². The summed E-state index contributed by atoms with van der Waals surface area (Å²) in [4.78, 5) is 28.2.